The molecule has 1 N–H and O–H groups in total. The van der Waals surface area contributed by atoms with Crippen molar-refractivity contribution in [1.29, 1.82) is 0 Å². The maximum atomic E-state index is 11.7. The Hall–Kier alpha value is -1.89. The number of carboxylic acids is 1. The second-order valence-electron chi connectivity index (χ2n) is 5.33. The highest BCUT2D eigenvalue weighted by Gasteiger charge is 2.22. The Labute approximate surface area is 152 Å². The normalized spacial score (nSPS) is 11.0. The van der Waals surface area contributed by atoms with E-state index in [1.807, 2.05) is 13.0 Å². The lowest BCUT2D eigenvalue weighted by Crippen LogP contribution is -2.11. The molecule has 0 aliphatic heterocycles. The van der Waals surface area contributed by atoms with Gasteiger partial charge in [0.1, 0.15) is 5.82 Å². The van der Waals surface area contributed by atoms with Crippen LogP contribution in [0.4, 0.5) is 0 Å². The number of halogens is 2. The van der Waals surface area contributed by atoms with Crippen LogP contribution in [0.5, 0.6) is 0 Å². The number of nitrogens with zero attached hydrogens (tertiary/aromatic N) is 3. The highest BCUT2D eigenvalue weighted by atomic mass is 35.5. The SMILES string of the molecule is Cc1cncc(-c2nc(C)c(C(=O)O)n2Cc2sc(Cl)cc2Cl)c1. The Morgan fingerprint density at radius 3 is 2.62 bits per heavy atom. The van der Waals surface area contributed by atoms with Crippen LogP contribution in [0.1, 0.15) is 26.6 Å². The van der Waals surface area contributed by atoms with Crippen molar-refractivity contribution in [2.45, 2.75) is 20.4 Å². The average Bonchev–Trinajstić information content (AvgIpc) is 2.99. The second-order valence-corrected chi connectivity index (χ2v) is 7.51. The third-order valence-electron chi connectivity index (χ3n) is 3.51. The van der Waals surface area contributed by atoms with E-state index in [2.05, 4.69) is 9.97 Å². The van der Waals surface area contributed by atoms with Crippen LogP contribution in [0.15, 0.2) is 24.5 Å². The number of aromatic nitrogens is 3. The van der Waals surface area contributed by atoms with Crippen molar-refractivity contribution in [3.05, 3.63) is 55.7 Å². The molecule has 5 nitrogen and oxygen atoms in total. The molecule has 0 spiro atoms. The molecule has 0 unspecified atom stereocenters. The summed E-state index contributed by atoms with van der Waals surface area (Å²) >= 11 is 13.5. The zero-order chi connectivity index (χ0) is 17.4. The van der Waals surface area contributed by atoms with Crippen LogP contribution in [-0.4, -0.2) is 25.6 Å². The first-order chi connectivity index (χ1) is 11.4. The van der Waals surface area contributed by atoms with Gasteiger partial charge in [0.25, 0.3) is 0 Å². The van der Waals surface area contributed by atoms with E-state index in [0.29, 0.717) is 20.9 Å². The summed E-state index contributed by atoms with van der Waals surface area (Å²) in [5, 5.41) is 10.1. The zero-order valence-corrected chi connectivity index (χ0v) is 15.2. The van der Waals surface area contributed by atoms with E-state index in [1.54, 1.807) is 30.0 Å². The smallest absolute Gasteiger partial charge is 0.354 e. The van der Waals surface area contributed by atoms with Gasteiger partial charge in [-0.2, -0.15) is 0 Å². The Morgan fingerprint density at radius 2 is 2.04 bits per heavy atom. The minimum Gasteiger partial charge on any atom is -0.477 e. The maximum absolute atomic E-state index is 11.7. The van der Waals surface area contributed by atoms with Gasteiger partial charge in [0, 0.05) is 22.8 Å². The van der Waals surface area contributed by atoms with E-state index in [-0.39, 0.29) is 12.2 Å². The van der Waals surface area contributed by atoms with Crippen LogP contribution in [0.2, 0.25) is 9.36 Å². The summed E-state index contributed by atoms with van der Waals surface area (Å²) < 4.78 is 2.20. The summed E-state index contributed by atoms with van der Waals surface area (Å²) in [6.45, 7) is 3.88. The van der Waals surface area contributed by atoms with E-state index in [1.165, 1.54) is 11.3 Å². The molecule has 0 aliphatic carbocycles. The van der Waals surface area contributed by atoms with Crippen molar-refractivity contribution in [2.75, 3.05) is 0 Å². The molecule has 0 aromatic carbocycles. The van der Waals surface area contributed by atoms with Crippen molar-refractivity contribution in [3.8, 4) is 11.4 Å². The van der Waals surface area contributed by atoms with Crippen molar-refractivity contribution < 1.29 is 9.90 Å². The van der Waals surface area contributed by atoms with Gasteiger partial charge in [-0.25, -0.2) is 9.78 Å². The van der Waals surface area contributed by atoms with Gasteiger partial charge in [-0.1, -0.05) is 23.2 Å². The highest BCUT2D eigenvalue weighted by Crippen LogP contribution is 2.33. The number of rotatable bonds is 4. The minimum atomic E-state index is -1.04. The van der Waals surface area contributed by atoms with Crippen LogP contribution < -0.4 is 0 Å². The molecule has 0 atom stereocenters. The van der Waals surface area contributed by atoms with Gasteiger partial charge in [-0.3, -0.25) is 4.98 Å². The fraction of sp³-hybridized carbons (Fsp3) is 0.188. The van der Waals surface area contributed by atoms with Gasteiger partial charge < -0.3 is 9.67 Å². The van der Waals surface area contributed by atoms with Gasteiger partial charge >= 0.3 is 5.97 Å². The third kappa shape index (κ3) is 3.17. The zero-order valence-electron chi connectivity index (χ0n) is 12.9. The van der Waals surface area contributed by atoms with Gasteiger partial charge in [0.2, 0.25) is 0 Å². The lowest BCUT2D eigenvalue weighted by Gasteiger charge is -2.10. The molecule has 0 amide bonds. The number of thiophene rings is 1. The predicted octanol–water partition coefficient (Wildman–Crippen LogP) is 4.68. The highest BCUT2D eigenvalue weighted by molar-refractivity contribution is 7.16. The standard InChI is InChI=1S/C16H13Cl2N3O2S/c1-8-3-10(6-19-5-8)15-20-9(2)14(16(22)23)21(15)7-12-11(17)4-13(18)24-12/h3-6H,7H2,1-2H3,(H,22,23). The van der Waals surface area contributed by atoms with Gasteiger partial charge in [-0.15, -0.1) is 11.3 Å². The molecular formula is C16H13Cl2N3O2S. The maximum Gasteiger partial charge on any atom is 0.354 e. The van der Waals surface area contributed by atoms with Gasteiger partial charge in [0.05, 0.1) is 21.6 Å². The Balaban J connectivity index is 2.18. The molecule has 3 aromatic heterocycles. The molecule has 0 saturated heterocycles. The Bertz CT molecular complexity index is 934. The van der Waals surface area contributed by atoms with E-state index >= 15 is 0 Å². The molecular weight excluding hydrogens is 369 g/mol. The van der Waals surface area contributed by atoms with E-state index in [0.717, 1.165) is 16.0 Å². The van der Waals surface area contributed by atoms with Gasteiger partial charge in [-0.05, 0) is 31.5 Å². The monoisotopic (exact) mass is 381 g/mol. The largest absolute Gasteiger partial charge is 0.477 e. The molecule has 0 fully saturated rings. The fourth-order valence-electron chi connectivity index (χ4n) is 2.52. The molecule has 24 heavy (non-hydrogen) atoms. The lowest BCUT2D eigenvalue weighted by molar-refractivity contribution is 0.0685. The fourth-order valence-corrected chi connectivity index (χ4v) is 4.08. The molecule has 124 valence electrons. The van der Waals surface area contributed by atoms with Gasteiger partial charge in [0.15, 0.2) is 5.69 Å². The summed E-state index contributed by atoms with van der Waals surface area (Å²) in [5.41, 5.74) is 2.29. The van der Waals surface area contributed by atoms with E-state index < -0.39 is 5.97 Å². The van der Waals surface area contributed by atoms with E-state index in [9.17, 15) is 9.90 Å². The number of carboxylic acid groups (broad SMARTS) is 1. The van der Waals surface area contributed by atoms with Crippen LogP contribution in [0.3, 0.4) is 0 Å². The average molecular weight is 382 g/mol. The molecule has 3 aromatic rings. The number of aryl methyl sites for hydroxylation is 2. The van der Waals surface area contributed by atoms with Crippen LogP contribution in [-0.2, 0) is 6.54 Å². The number of carbonyl (C=O) groups is 1. The molecule has 3 heterocycles. The molecule has 0 saturated carbocycles. The number of hydrogen-bond donors (Lipinski definition) is 1. The second kappa shape index (κ2) is 6.55. The van der Waals surface area contributed by atoms with Crippen LogP contribution >= 0.6 is 34.5 Å². The summed E-state index contributed by atoms with van der Waals surface area (Å²) in [4.78, 5) is 21.1. The van der Waals surface area contributed by atoms with E-state index in [4.69, 9.17) is 23.2 Å². The van der Waals surface area contributed by atoms with Crippen molar-refractivity contribution in [1.82, 2.24) is 14.5 Å². The number of pyridine rings is 1. The number of aromatic carboxylic acids is 1. The summed E-state index contributed by atoms with van der Waals surface area (Å²) in [7, 11) is 0. The summed E-state index contributed by atoms with van der Waals surface area (Å²) in [5.74, 6) is -0.493. The van der Waals surface area contributed by atoms with Crippen LogP contribution in [0.25, 0.3) is 11.4 Å². The quantitative estimate of drug-likeness (QED) is 0.712. The number of imidazole rings is 1. The molecule has 0 aliphatic rings. The third-order valence-corrected chi connectivity index (χ3v) is 5.20. The topological polar surface area (TPSA) is 68.0 Å². The molecule has 3 rings (SSSR count). The van der Waals surface area contributed by atoms with Crippen LogP contribution in [0, 0.1) is 13.8 Å². The first-order valence-corrected chi connectivity index (χ1v) is 8.60. The lowest BCUT2D eigenvalue weighted by atomic mass is 10.2. The Kier molecular flexibility index (Phi) is 4.62. The minimum absolute atomic E-state index is 0.132. The predicted molar refractivity (Wildman–Crippen MR) is 95.3 cm³/mol. The van der Waals surface area contributed by atoms with Crippen molar-refractivity contribution in [2.24, 2.45) is 0 Å². The summed E-state index contributed by atoms with van der Waals surface area (Å²) in [6, 6.07) is 3.57. The first-order valence-electron chi connectivity index (χ1n) is 7.03. The number of hydrogen-bond acceptors (Lipinski definition) is 4. The molecule has 0 radical (unpaired) electrons. The molecule has 8 heteroatoms. The molecule has 0 bridgehead atoms. The first kappa shape index (κ1) is 17.0. The van der Waals surface area contributed by atoms with Crippen molar-refractivity contribution in [3.63, 3.8) is 0 Å². The Morgan fingerprint density at radius 1 is 1.29 bits per heavy atom. The summed E-state index contributed by atoms with van der Waals surface area (Å²) in [6.07, 6.45) is 3.40. The van der Waals surface area contributed by atoms with Crippen molar-refractivity contribution >= 4 is 40.5 Å².